The van der Waals surface area contributed by atoms with Gasteiger partial charge < -0.3 is 20.3 Å². The second-order valence-electron chi connectivity index (χ2n) is 24.2. The lowest BCUT2D eigenvalue weighted by atomic mass is 10.0. The predicted octanol–water partition coefficient (Wildman–Crippen LogP) is 22.4. The average molecular weight is 1070 g/mol. The van der Waals surface area contributed by atoms with Crippen LogP contribution < -0.4 is 5.32 Å². The van der Waals surface area contributed by atoms with E-state index in [2.05, 4.69) is 31.3 Å². The number of hydrogen-bond acceptors (Lipinski definition) is 5. The Morgan fingerprint density at radius 1 is 0.355 bits per heavy atom. The molecule has 0 heterocycles. The maximum atomic E-state index is 12.5. The number of rotatable bonds is 66. The van der Waals surface area contributed by atoms with Crippen LogP contribution in [0.1, 0.15) is 399 Å². The molecule has 76 heavy (non-hydrogen) atoms. The quantitative estimate of drug-likeness (QED) is 0.0320. The van der Waals surface area contributed by atoms with E-state index in [1.807, 2.05) is 0 Å². The van der Waals surface area contributed by atoms with Gasteiger partial charge in [-0.1, -0.05) is 347 Å². The van der Waals surface area contributed by atoms with Gasteiger partial charge in [-0.25, -0.2) is 0 Å². The maximum Gasteiger partial charge on any atom is 0.305 e. The second kappa shape index (κ2) is 66.1. The first-order chi connectivity index (χ1) is 37.5. The van der Waals surface area contributed by atoms with Crippen LogP contribution in [-0.4, -0.2) is 47.4 Å². The molecule has 0 aliphatic rings. The van der Waals surface area contributed by atoms with Crippen LogP contribution in [0.3, 0.4) is 0 Å². The summed E-state index contributed by atoms with van der Waals surface area (Å²) in [5.74, 6) is -0.0182. The number of hydrogen-bond donors (Lipinski definition) is 3. The van der Waals surface area contributed by atoms with E-state index < -0.39 is 12.1 Å². The van der Waals surface area contributed by atoms with Gasteiger partial charge in [0.25, 0.3) is 0 Å². The highest BCUT2D eigenvalue weighted by Gasteiger charge is 2.20. The van der Waals surface area contributed by atoms with Crippen LogP contribution in [0.25, 0.3) is 0 Å². The highest BCUT2D eigenvalue weighted by atomic mass is 16.5. The van der Waals surface area contributed by atoms with Crippen molar-refractivity contribution in [3.8, 4) is 0 Å². The maximum absolute atomic E-state index is 12.5. The van der Waals surface area contributed by atoms with Crippen LogP contribution in [0.2, 0.25) is 0 Å². The van der Waals surface area contributed by atoms with Crippen LogP contribution >= 0.6 is 0 Å². The number of nitrogens with one attached hydrogen (secondary N) is 1. The van der Waals surface area contributed by atoms with Crippen LogP contribution in [-0.2, 0) is 14.3 Å². The van der Waals surface area contributed by atoms with Gasteiger partial charge in [-0.05, 0) is 51.4 Å². The summed E-state index contributed by atoms with van der Waals surface area (Å²) in [4.78, 5) is 24.6. The molecule has 0 aromatic carbocycles. The summed E-state index contributed by atoms with van der Waals surface area (Å²) in [6.45, 7) is 4.99. The smallest absolute Gasteiger partial charge is 0.305 e. The van der Waals surface area contributed by atoms with Gasteiger partial charge in [0, 0.05) is 12.8 Å². The van der Waals surface area contributed by atoms with Crippen molar-refractivity contribution >= 4 is 11.9 Å². The van der Waals surface area contributed by atoms with Gasteiger partial charge in [0.1, 0.15) is 0 Å². The molecule has 0 aliphatic carbocycles. The van der Waals surface area contributed by atoms with Crippen LogP contribution in [0, 0.1) is 0 Å². The molecule has 0 rings (SSSR count). The van der Waals surface area contributed by atoms with Gasteiger partial charge in [0.2, 0.25) is 5.91 Å². The molecule has 2 unspecified atom stereocenters. The summed E-state index contributed by atoms with van der Waals surface area (Å²) in [6.07, 6.45) is 81.1. The molecule has 0 aromatic heterocycles. The van der Waals surface area contributed by atoms with Crippen molar-refractivity contribution in [1.29, 1.82) is 0 Å². The Kier molecular flexibility index (Phi) is 64.9. The molecule has 0 saturated heterocycles. The number of allylic oxidation sites excluding steroid dienone is 2. The van der Waals surface area contributed by atoms with Gasteiger partial charge >= 0.3 is 5.97 Å². The molecule has 0 radical (unpaired) electrons. The van der Waals surface area contributed by atoms with E-state index in [4.69, 9.17) is 4.74 Å². The molecule has 0 bridgehead atoms. The molecule has 3 N–H and O–H groups in total. The largest absolute Gasteiger partial charge is 0.466 e. The fraction of sp³-hybridized carbons (Fsp3) is 0.943. The van der Waals surface area contributed by atoms with Gasteiger partial charge in [-0.2, -0.15) is 0 Å². The van der Waals surface area contributed by atoms with E-state index >= 15 is 0 Å². The van der Waals surface area contributed by atoms with Crippen molar-refractivity contribution in [2.75, 3.05) is 13.2 Å². The molecular weight excluding hydrogens is 935 g/mol. The third kappa shape index (κ3) is 61.8. The molecular formula is C70H137NO5. The summed E-state index contributed by atoms with van der Waals surface area (Å²) in [6, 6.07) is -0.539. The van der Waals surface area contributed by atoms with Crippen molar-refractivity contribution in [2.45, 2.75) is 411 Å². The van der Waals surface area contributed by atoms with Gasteiger partial charge in [-0.15, -0.1) is 0 Å². The van der Waals surface area contributed by atoms with E-state index in [-0.39, 0.29) is 18.5 Å². The zero-order valence-electron chi connectivity index (χ0n) is 51.8. The van der Waals surface area contributed by atoms with Gasteiger partial charge in [0.05, 0.1) is 25.4 Å². The third-order valence-electron chi connectivity index (χ3n) is 16.6. The Bertz CT molecular complexity index is 1140. The summed E-state index contributed by atoms with van der Waals surface area (Å²) < 4.78 is 5.49. The van der Waals surface area contributed by atoms with Crippen molar-refractivity contribution in [1.82, 2.24) is 5.32 Å². The normalized spacial score (nSPS) is 12.5. The number of aliphatic hydroxyl groups is 2. The van der Waals surface area contributed by atoms with Crippen LogP contribution in [0.5, 0.6) is 0 Å². The first kappa shape index (κ1) is 74.6. The average Bonchev–Trinajstić information content (AvgIpc) is 3.42. The van der Waals surface area contributed by atoms with Crippen molar-refractivity contribution in [3.05, 3.63) is 12.2 Å². The molecule has 452 valence electrons. The molecule has 6 nitrogen and oxygen atoms in total. The van der Waals surface area contributed by atoms with E-state index in [1.54, 1.807) is 0 Å². The molecule has 1 amide bonds. The Hall–Kier alpha value is -1.40. The summed E-state index contributed by atoms with van der Waals surface area (Å²) in [5.41, 5.74) is 0. The number of carbonyl (C=O) groups is 2. The summed E-state index contributed by atoms with van der Waals surface area (Å²) in [5, 5.41) is 23.4. The van der Waals surface area contributed by atoms with Crippen molar-refractivity contribution in [2.24, 2.45) is 0 Å². The Morgan fingerprint density at radius 2 is 0.618 bits per heavy atom. The van der Waals surface area contributed by atoms with Crippen molar-refractivity contribution in [3.63, 3.8) is 0 Å². The van der Waals surface area contributed by atoms with E-state index in [0.717, 1.165) is 44.9 Å². The fourth-order valence-corrected chi connectivity index (χ4v) is 11.2. The fourth-order valence-electron chi connectivity index (χ4n) is 11.2. The first-order valence-corrected chi connectivity index (χ1v) is 34.9. The summed E-state index contributed by atoms with van der Waals surface area (Å²) in [7, 11) is 0. The highest BCUT2D eigenvalue weighted by molar-refractivity contribution is 5.76. The number of carbonyl (C=O) groups excluding carboxylic acids is 2. The minimum atomic E-state index is -0.663. The molecule has 6 heteroatoms. The van der Waals surface area contributed by atoms with Gasteiger partial charge in [0.15, 0.2) is 0 Å². The number of ether oxygens (including phenoxy) is 1. The zero-order valence-corrected chi connectivity index (χ0v) is 51.8. The molecule has 0 fully saturated rings. The second-order valence-corrected chi connectivity index (χ2v) is 24.2. The Labute approximate surface area is 476 Å². The molecule has 0 aromatic rings. The molecule has 0 spiro atoms. The van der Waals surface area contributed by atoms with Gasteiger partial charge in [-0.3, -0.25) is 9.59 Å². The van der Waals surface area contributed by atoms with E-state index in [0.29, 0.717) is 25.9 Å². The van der Waals surface area contributed by atoms with Crippen LogP contribution in [0.15, 0.2) is 12.2 Å². The topological polar surface area (TPSA) is 95.9 Å². The monoisotopic (exact) mass is 1070 g/mol. The lowest BCUT2D eigenvalue weighted by Crippen LogP contribution is -2.45. The zero-order chi connectivity index (χ0) is 55.0. The standard InChI is InChI=1S/C70H137NO5/c1-3-5-7-9-11-13-15-17-19-20-31-35-38-42-46-50-54-58-62-68(73)67(66-72)71-69(74)63-59-55-51-47-43-39-36-32-29-27-25-23-21-22-24-26-28-30-33-37-41-45-49-53-57-61-65-76-70(75)64-60-56-52-48-44-40-34-18-16-14-12-10-8-6-4-2/h18,34,67-68,72-73H,3-17,19-33,35-66H2,1-2H3,(H,71,74)/b34-18-. The number of amides is 1. The highest BCUT2D eigenvalue weighted by Crippen LogP contribution is 2.19. The van der Waals surface area contributed by atoms with E-state index in [9.17, 15) is 19.8 Å². The van der Waals surface area contributed by atoms with Crippen LogP contribution in [0.4, 0.5) is 0 Å². The lowest BCUT2D eigenvalue weighted by Gasteiger charge is -2.22. The lowest BCUT2D eigenvalue weighted by molar-refractivity contribution is -0.143. The third-order valence-corrected chi connectivity index (χ3v) is 16.6. The number of aliphatic hydroxyl groups excluding tert-OH is 2. The minimum absolute atomic E-state index is 0.0104. The molecule has 0 saturated carbocycles. The minimum Gasteiger partial charge on any atom is -0.466 e. The predicted molar refractivity (Wildman–Crippen MR) is 333 cm³/mol. The molecule has 2 atom stereocenters. The number of unbranched alkanes of at least 4 members (excludes halogenated alkanes) is 53. The Balaban J connectivity index is 3.35. The van der Waals surface area contributed by atoms with Crippen molar-refractivity contribution < 1.29 is 24.5 Å². The van der Waals surface area contributed by atoms with E-state index in [1.165, 1.54) is 321 Å². The number of esters is 1. The first-order valence-electron chi connectivity index (χ1n) is 34.9. The SMILES string of the molecule is CCCCCCCC/C=C\CCCCCCCC(=O)OCCCCCCCCCCCCCCCCCCCCCCCCCCCCC(=O)NC(CO)C(O)CCCCCCCCCCCCCCCCCCCC. The Morgan fingerprint density at radius 3 is 0.934 bits per heavy atom. The summed E-state index contributed by atoms with van der Waals surface area (Å²) >= 11 is 0. The molecule has 0 aliphatic heterocycles.